The molecule has 29 heavy (non-hydrogen) atoms. The van der Waals surface area contributed by atoms with E-state index in [2.05, 4.69) is 4.74 Å². The second kappa shape index (κ2) is 11.1. The van der Waals surface area contributed by atoms with Crippen LogP contribution in [0.5, 0.6) is 0 Å². The minimum Gasteiger partial charge on any atom is -0.456 e. The molecule has 0 aromatic heterocycles. The molecule has 11 heteroatoms. The second-order valence-electron chi connectivity index (χ2n) is 7.61. The van der Waals surface area contributed by atoms with Gasteiger partial charge in [0, 0.05) is 13.5 Å². The van der Waals surface area contributed by atoms with Gasteiger partial charge < -0.3 is 29.2 Å². The molecule has 1 heterocycles. The molecule has 0 aromatic carbocycles. The number of hydrogen-bond donors (Lipinski definition) is 2. The maximum Gasteiger partial charge on any atom is 0.422 e. The number of ether oxygens (including phenoxy) is 4. The monoisotopic (exact) mass is 448 g/mol. The zero-order valence-electron chi connectivity index (χ0n) is 17.3. The van der Waals surface area contributed by atoms with Gasteiger partial charge in [-0.05, 0) is 39.9 Å². The van der Waals surface area contributed by atoms with Gasteiger partial charge in [-0.15, -0.1) is 11.8 Å². The number of aliphatic hydroxyl groups is 2. The Bertz CT molecular complexity index is 516. The van der Waals surface area contributed by atoms with Crippen molar-refractivity contribution in [3.63, 3.8) is 0 Å². The van der Waals surface area contributed by atoms with Gasteiger partial charge in [-0.2, -0.15) is 13.2 Å². The van der Waals surface area contributed by atoms with Crippen molar-refractivity contribution in [2.24, 2.45) is 0 Å². The topological polar surface area (TPSA) is 94.5 Å². The smallest absolute Gasteiger partial charge is 0.422 e. The van der Waals surface area contributed by atoms with Crippen molar-refractivity contribution in [1.29, 1.82) is 0 Å². The lowest BCUT2D eigenvalue weighted by Crippen LogP contribution is -2.63. The fourth-order valence-electron chi connectivity index (χ4n) is 2.77. The van der Waals surface area contributed by atoms with Crippen molar-refractivity contribution in [2.75, 3.05) is 19.5 Å². The number of halogens is 3. The van der Waals surface area contributed by atoms with E-state index in [9.17, 15) is 28.2 Å². The van der Waals surface area contributed by atoms with Crippen LogP contribution in [0.15, 0.2) is 0 Å². The lowest BCUT2D eigenvalue weighted by Gasteiger charge is -2.47. The molecule has 7 nitrogen and oxygen atoms in total. The fourth-order valence-corrected chi connectivity index (χ4v) is 3.93. The number of aliphatic hydroxyl groups excluding tert-OH is 2. The summed E-state index contributed by atoms with van der Waals surface area (Å²) in [5.41, 5.74) is -1.55. The average molecular weight is 448 g/mol. The van der Waals surface area contributed by atoms with Crippen molar-refractivity contribution in [3.8, 4) is 0 Å². The van der Waals surface area contributed by atoms with Crippen LogP contribution in [0.25, 0.3) is 0 Å². The molecule has 1 fully saturated rings. The number of rotatable bonds is 10. The minimum absolute atomic E-state index is 0.177. The summed E-state index contributed by atoms with van der Waals surface area (Å²) in [4.78, 5) is 11.4. The van der Waals surface area contributed by atoms with E-state index in [0.29, 0.717) is 5.75 Å². The van der Waals surface area contributed by atoms with E-state index < -0.39 is 54.2 Å². The molecule has 2 N–H and O–H groups in total. The molecule has 172 valence electrons. The van der Waals surface area contributed by atoms with Crippen molar-refractivity contribution in [2.45, 2.75) is 88.3 Å². The highest BCUT2D eigenvalue weighted by atomic mass is 32.2. The molecule has 0 amide bonds. The van der Waals surface area contributed by atoms with E-state index in [1.54, 1.807) is 27.7 Å². The molecule has 0 radical (unpaired) electrons. The summed E-state index contributed by atoms with van der Waals surface area (Å²) < 4.78 is 57.4. The van der Waals surface area contributed by atoms with Gasteiger partial charge in [-0.1, -0.05) is 0 Å². The number of carbonyl (C=O) groups is 1. The molecule has 5 atom stereocenters. The predicted molar refractivity (Wildman–Crippen MR) is 100 cm³/mol. The van der Waals surface area contributed by atoms with Crippen LogP contribution in [-0.2, 0) is 23.7 Å². The predicted octanol–water partition coefficient (Wildman–Crippen LogP) is 2.27. The number of methoxy groups -OCH3 is 1. The number of carbonyl (C=O) groups excluding carboxylic acids is 1. The van der Waals surface area contributed by atoms with Crippen LogP contribution < -0.4 is 0 Å². The fraction of sp³-hybridized carbons (Fsp3) is 0.944. The molecular weight excluding hydrogens is 417 g/mol. The molecule has 0 spiro atoms. The number of alkyl halides is 3. The summed E-state index contributed by atoms with van der Waals surface area (Å²) in [6.07, 6.45) is -8.82. The van der Waals surface area contributed by atoms with Gasteiger partial charge in [0.05, 0.1) is 11.7 Å². The highest BCUT2D eigenvalue weighted by molar-refractivity contribution is 7.99. The van der Waals surface area contributed by atoms with E-state index in [1.807, 2.05) is 0 Å². The molecule has 1 unspecified atom stereocenters. The molecule has 0 aliphatic carbocycles. The summed E-state index contributed by atoms with van der Waals surface area (Å²) in [5.74, 6) is -0.580. The quantitative estimate of drug-likeness (QED) is 0.388. The summed E-state index contributed by atoms with van der Waals surface area (Å²) in [6, 6.07) is 0. The third-order valence-electron chi connectivity index (χ3n) is 4.39. The first kappa shape index (κ1) is 26.4. The van der Waals surface area contributed by atoms with Gasteiger partial charge in [0.2, 0.25) is 0 Å². The molecule has 0 saturated carbocycles. The molecule has 1 saturated heterocycles. The summed E-state index contributed by atoms with van der Waals surface area (Å²) in [5, 5.41) is 21.0. The Balaban J connectivity index is 2.67. The van der Waals surface area contributed by atoms with Crippen LogP contribution >= 0.6 is 11.8 Å². The lowest BCUT2D eigenvalue weighted by atomic mass is 9.89. The highest BCUT2D eigenvalue weighted by Crippen LogP contribution is 2.36. The second-order valence-corrected chi connectivity index (χ2v) is 8.82. The molecule has 0 aromatic rings. The summed E-state index contributed by atoms with van der Waals surface area (Å²) in [7, 11) is 1.47. The van der Waals surface area contributed by atoms with Gasteiger partial charge in [0.1, 0.15) is 29.9 Å². The van der Waals surface area contributed by atoms with Gasteiger partial charge >= 0.3 is 12.1 Å². The standard InChI is InChI=1S/C18H31F3O7S/c1-10(2)27-14-12(23)13(24)15(17(3,4)25-5)28-16(14)29-8-6-7-11(22)26-9-18(19,20)21/h10,12-16,23-24H,6-9H2,1-5H3/t12-,13+,14+,15-,16?/m1/s1. The maximum absolute atomic E-state index is 12.1. The van der Waals surface area contributed by atoms with E-state index in [-0.39, 0.29) is 18.9 Å². The highest BCUT2D eigenvalue weighted by Gasteiger charge is 2.51. The average Bonchev–Trinajstić information content (AvgIpc) is 2.61. The van der Waals surface area contributed by atoms with Gasteiger partial charge in [-0.3, -0.25) is 4.79 Å². The van der Waals surface area contributed by atoms with E-state index in [4.69, 9.17) is 14.2 Å². The lowest BCUT2D eigenvalue weighted by molar-refractivity contribution is -0.257. The Hall–Kier alpha value is -0.590. The van der Waals surface area contributed by atoms with Crippen molar-refractivity contribution < 1.29 is 47.1 Å². The van der Waals surface area contributed by atoms with Crippen LogP contribution in [0.3, 0.4) is 0 Å². The zero-order chi connectivity index (χ0) is 22.4. The summed E-state index contributed by atoms with van der Waals surface area (Å²) in [6.45, 7) is 5.39. The van der Waals surface area contributed by atoms with Crippen LogP contribution in [0, 0.1) is 0 Å². The first-order valence-corrected chi connectivity index (χ1v) is 10.4. The first-order valence-electron chi connectivity index (χ1n) is 9.34. The summed E-state index contributed by atoms with van der Waals surface area (Å²) >= 11 is 1.25. The Morgan fingerprint density at radius 2 is 1.83 bits per heavy atom. The SMILES string of the molecule is COC(C)(C)[C@@H]1OC(SCCCC(=O)OCC(F)(F)F)[C@@H](OC(C)C)[C@H](O)[C@@H]1O. The largest absolute Gasteiger partial charge is 0.456 e. The Kier molecular flexibility index (Phi) is 10.2. The molecular formula is C18H31F3O7S. The zero-order valence-corrected chi connectivity index (χ0v) is 18.1. The van der Waals surface area contributed by atoms with Gasteiger partial charge in [-0.25, -0.2) is 0 Å². The normalized spacial score (nSPS) is 28.6. The van der Waals surface area contributed by atoms with Gasteiger partial charge in [0.15, 0.2) is 6.61 Å². The van der Waals surface area contributed by atoms with Crippen LogP contribution in [0.2, 0.25) is 0 Å². The Morgan fingerprint density at radius 3 is 2.34 bits per heavy atom. The van der Waals surface area contributed by atoms with Crippen molar-refractivity contribution in [3.05, 3.63) is 0 Å². The number of thioether (sulfide) groups is 1. The third kappa shape index (κ3) is 8.58. The Labute approximate surface area is 173 Å². The van der Waals surface area contributed by atoms with E-state index >= 15 is 0 Å². The van der Waals surface area contributed by atoms with Gasteiger partial charge in [0.25, 0.3) is 0 Å². The van der Waals surface area contributed by atoms with E-state index in [1.165, 1.54) is 18.9 Å². The molecule has 1 aliphatic rings. The van der Waals surface area contributed by atoms with Crippen LogP contribution in [-0.4, -0.2) is 83.4 Å². The number of hydrogen-bond acceptors (Lipinski definition) is 8. The molecule has 1 rings (SSSR count). The van der Waals surface area contributed by atoms with Crippen LogP contribution in [0.4, 0.5) is 13.2 Å². The molecule has 0 bridgehead atoms. The Morgan fingerprint density at radius 1 is 1.21 bits per heavy atom. The third-order valence-corrected chi connectivity index (χ3v) is 5.62. The van der Waals surface area contributed by atoms with E-state index in [0.717, 1.165) is 0 Å². The minimum atomic E-state index is -4.55. The number of esters is 1. The van der Waals surface area contributed by atoms with Crippen molar-refractivity contribution >= 4 is 17.7 Å². The van der Waals surface area contributed by atoms with Crippen LogP contribution in [0.1, 0.15) is 40.5 Å². The maximum atomic E-state index is 12.1. The first-order chi connectivity index (χ1) is 13.3. The van der Waals surface area contributed by atoms with Crippen molar-refractivity contribution in [1.82, 2.24) is 0 Å². The molecule has 1 aliphatic heterocycles.